The number of guanidine groups is 1. The molecule has 4 nitrogen and oxygen atoms in total. The van der Waals surface area contributed by atoms with E-state index < -0.39 is 0 Å². The van der Waals surface area contributed by atoms with E-state index in [-0.39, 0.29) is 24.0 Å². The van der Waals surface area contributed by atoms with E-state index >= 15 is 0 Å². The normalized spacial score (nSPS) is 13.3. The van der Waals surface area contributed by atoms with Crippen molar-refractivity contribution in [1.29, 1.82) is 0 Å². The van der Waals surface area contributed by atoms with Gasteiger partial charge in [0.2, 0.25) is 0 Å². The molecule has 0 atom stereocenters. The third-order valence-corrected chi connectivity index (χ3v) is 4.17. The first-order valence-corrected chi connectivity index (χ1v) is 7.80. The standard InChI is InChI=1S/C18H22N4.HI/c1-13-12-20-9-7-14(13)8-10-21-18(19)22-17-6-5-15-3-2-4-16(15)11-17;/h5-7,9,11-12H,2-4,8,10H2,1H3,(H3,19,21,22);1H. The highest BCUT2D eigenvalue weighted by Gasteiger charge is 2.10. The SMILES string of the molecule is Cc1cnccc1CCN=C(N)Nc1ccc2c(c1)CCC2.I. The molecule has 0 amide bonds. The Balaban J connectivity index is 0.00000192. The lowest BCUT2D eigenvalue weighted by molar-refractivity contribution is 0.912. The van der Waals surface area contributed by atoms with E-state index in [2.05, 4.69) is 40.4 Å². The molecule has 1 aromatic heterocycles. The van der Waals surface area contributed by atoms with Crippen LogP contribution >= 0.6 is 24.0 Å². The average Bonchev–Trinajstić information content (AvgIpc) is 2.97. The maximum Gasteiger partial charge on any atom is 0.193 e. The fourth-order valence-electron chi connectivity index (χ4n) is 2.92. The third-order valence-electron chi connectivity index (χ3n) is 4.17. The van der Waals surface area contributed by atoms with E-state index in [1.54, 1.807) is 0 Å². The van der Waals surface area contributed by atoms with E-state index in [1.807, 2.05) is 18.5 Å². The minimum Gasteiger partial charge on any atom is -0.370 e. The molecule has 1 aliphatic rings. The van der Waals surface area contributed by atoms with Gasteiger partial charge in [0, 0.05) is 24.6 Å². The summed E-state index contributed by atoms with van der Waals surface area (Å²) in [6.45, 7) is 2.74. The lowest BCUT2D eigenvalue weighted by Gasteiger charge is -2.08. The van der Waals surface area contributed by atoms with Gasteiger partial charge in [0.25, 0.3) is 0 Å². The van der Waals surface area contributed by atoms with Crippen LogP contribution in [0.1, 0.15) is 28.7 Å². The largest absolute Gasteiger partial charge is 0.370 e. The molecular weight excluding hydrogens is 399 g/mol. The molecule has 0 bridgehead atoms. The molecule has 122 valence electrons. The van der Waals surface area contributed by atoms with E-state index in [9.17, 15) is 0 Å². The number of pyridine rings is 1. The second-order valence-electron chi connectivity index (χ2n) is 5.78. The van der Waals surface area contributed by atoms with Gasteiger partial charge in [-0.25, -0.2) is 0 Å². The van der Waals surface area contributed by atoms with Crippen LogP contribution in [0.3, 0.4) is 0 Å². The molecule has 0 aliphatic heterocycles. The minimum atomic E-state index is 0. The molecule has 0 radical (unpaired) electrons. The van der Waals surface area contributed by atoms with Crippen LogP contribution in [-0.2, 0) is 19.3 Å². The van der Waals surface area contributed by atoms with Gasteiger partial charge in [0.15, 0.2) is 5.96 Å². The second kappa shape index (κ2) is 8.29. The summed E-state index contributed by atoms with van der Waals surface area (Å²) in [5, 5.41) is 3.19. The number of aliphatic imine (C=N–C) groups is 1. The van der Waals surface area contributed by atoms with Gasteiger partial charge in [0.05, 0.1) is 0 Å². The van der Waals surface area contributed by atoms with Crippen molar-refractivity contribution >= 4 is 35.6 Å². The number of nitrogens with one attached hydrogen (secondary N) is 1. The molecule has 1 heterocycles. The van der Waals surface area contributed by atoms with Crippen molar-refractivity contribution in [1.82, 2.24) is 4.98 Å². The summed E-state index contributed by atoms with van der Waals surface area (Å²) in [5.74, 6) is 0.477. The molecular formula is C18H23IN4. The number of nitrogens with two attached hydrogens (primary N) is 1. The average molecular weight is 422 g/mol. The first kappa shape index (κ1) is 17.7. The Morgan fingerprint density at radius 1 is 1.26 bits per heavy atom. The summed E-state index contributed by atoms with van der Waals surface area (Å²) < 4.78 is 0. The van der Waals surface area contributed by atoms with Crippen LogP contribution in [0.2, 0.25) is 0 Å². The fraction of sp³-hybridized carbons (Fsp3) is 0.333. The first-order chi connectivity index (χ1) is 10.7. The van der Waals surface area contributed by atoms with Gasteiger partial charge >= 0.3 is 0 Å². The number of rotatable bonds is 4. The molecule has 0 saturated carbocycles. The van der Waals surface area contributed by atoms with Crippen molar-refractivity contribution < 1.29 is 0 Å². The highest BCUT2D eigenvalue weighted by molar-refractivity contribution is 14.0. The Hall–Kier alpha value is -1.63. The van der Waals surface area contributed by atoms with Crippen LogP contribution < -0.4 is 11.1 Å². The highest BCUT2D eigenvalue weighted by atomic mass is 127. The fourth-order valence-corrected chi connectivity index (χ4v) is 2.92. The Kier molecular flexibility index (Phi) is 6.38. The number of benzene rings is 1. The molecule has 0 fully saturated rings. The first-order valence-electron chi connectivity index (χ1n) is 7.80. The van der Waals surface area contributed by atoms with Gasteiger partial charge in [-0.2, -0.15) is 0 Å². The highest BCUT2D eigenvalue weighted by Crippen LogP contribution is 2.24. The predicted octanol–water partition coefficient (Wildman–Crippen LogP) is 3.47. The van der Waals surface area contributed by atoms with E-state index in [4.69, 9.17) is 5.73 Å². The molecule has 0 saturated heterocycles. The maximum atomic E-state index is 5.98. The summed E-state index contributed by atoms with van der Waals surface area (Å²) in [4.78, 5) is 8.51. The van der Waals surface area contributed by atoms with E-state index in [1.165, 1.54) is 41.5 Å². The van der Waals surface area contributed by atoms with Gasteiger partial charge in [-0.1, -0.05) is 6.07 Å². The van der Waals surface area contributed by atoms with Crippen LogP contribution in [0.5, 0.6) is 0 Å². The van der Waals surface area contributed by atoms with Crippen LogP contribution in [0.15, 0.2) is 41.7 Å². The molecule has 1 aliphatic carbocycles. The predicted molar refractivity (Wildman–Crippen MR) is 107 cm³/mol. The molecule has 3 rings (SSSR count). The minimum absolute atomic E-state index is 0. The second-order valence-corrected chi connectivity index (χ2v) is 5.78. The van der Waals surface area contributed by atoms with Crippen LogP contribution in [0, 0.1) is 6.92 Å². The van der Waals surface area contributed by atoms with E-state index in [0.717, 1.165) is 12.1 Å². The molecule has 23 heavy (non-hydrogen) atoms. The maximum absolute atomic E-state index is 5.98. The number of aryl methyl sites for hydroxylation is 3. The van der Waals surface area contributed by atoms with Crippen molar-refractivity contribution in [2.45, 2.75) is 32.6 Å². The zero-order valence-corrected chi connectivity index (χ0v) is 15.7. The summed E-state index contributed by atoms with van der Waals surface area (Å²) in [7, 11) is 0. The summed E-state index contributed by atoms with van der Waals surface area (Å²) in [6, 6.07) is 8.50. The summed E-state index contributed by atoms with van der Waals surface area (Å²) in [5.41, 5.74) is 12.4. The Morgan fingerprint density at radius 3 is 2.91 bits per heavy atom. The number of nitrogens with zero attached hydrogens (tertiary/aromatic N) is 2. The zero-order valence-electron chi connectivity index (χ0n) is 13.4. The summed E-state index contributed by atoms with van der Waals surface area (Å²) in [6.07, 6.45) is 8.20. The molecule has 2 aromatic rings. The number of anilines is 1. The van der Waals surface area contributed by atoms with Gasteiger partial charge in [-0.15, -0.1) is 24.0 Å². The molecule has 3 N–H and O–H groups in total. The van der Waals surface area contributed by atoms with E-state index in [0.29, 0.717) is 12.5 Å². The van der Waals surface area contributed by atoms with Crippen molar-refractivity contribution in [3.63, 3.8) is 0 Å². The van der Waals surface area contributed by atoms with Crippen molar-refractivity contribution in [3.8, 4) is 0 Å². The van der Waals surface area contributed by atoms with Gasteiger partial charge in [-0.05, 0) is 73.1 Å². The monoisotopic (exact) mass is 422 g/mol. The smallest absolute Gasteiger partial charge is 0.193 e. The quantitative estimate of drug-likeness (QED) is 0.451. The van der Waals surface area contributed by atoms with Gasteiger partial charge < -0.3 is 11.1 Å². The van der Waals surface area contributed by atoms with Gasteiger partial charge in [0.1, 0.15) is 0 Å². The Morgan fingerprint density at radius 2 is 2.09 bits per heavy atom. The Bertz CT molecular complexity index is 697. The molecule has 5 heteroatoms. The molecule has 0 unspecified atom stereocenters. The number of fused-ring (bicyclic) bond motifs is 1. The lowest BCUT2D eigenvalue weighted by Crippen LogP contribution is -2.23. The lowest BCUT2D eigenvalue weighted by atomic mass is 10.1. The third kappa shape index (κ3) is 4.67. The van der Waals surface area contributed by atoms with Crippen LogP contribution in [0.4, 0.5) is 5.69 Å². The van der Waals surface area contributed by atoms with Crippen molar-refractivity contribution in [2.24, 2.45) is 10.7 Å². The van der Waals surface area contributed by atoms with Crippen molar-refractivity contribution in [3.05, 3.63) is 58.9 Å². The summed E-state index contributed by atoms with van der Waals surface area (Å²) >= 11 is 0. The van der Waals surface area contributed by atoms with Crippen LogP contribution in [0.25, 0.3) is 0 Å². The number of hydrogen-bond acceptors (Lipinski definition) is 2. The molecule has 1 aromatic carbocycles. The topological polar surface area (TPSA) is 63.3 Å². The van der Waals surface area contributed by atoms with Gasteiger partial charge in [-0.3, -0.25) is 9.98 Å². The zero-order chi connectivity index (χ0) is 15.4. The number of halogens is 1. The number of aromatic nitrogens is 1. The Labute approximate surface area is 154 Å². The van der Waals surface area contributed by atoms with Crippen molar-refractivity contribution in [2.75, 3.05) is 11.9 Å². The molecule has 0 spiro atoms. The number of hydrogen-bond donors (Lipinski definition) is 2. The van der Waals surface area contributed by atoms with Crippen LogP contribution in [-0.4, -0.2) is 17.5 Å².